The fourth-order valence-electron chi connectivity index (χ4n) is 2.23. The number of nitrogens with zero attached hydrogens (tertiary/aromatic N) is 1. The van der Waals surface area contributed by atoms with E-state index in [4.69, 9.17) is 4.42 Å². The number of thioether (sulfide) groups is 1. The van der Waals surface area contributed by atoms with Crippen LogP contribution in [0.5, 0.6) is 0 Å². The summed E-state index contributed by atoms with van der Waals surface area (Å²) >= 11 is 2.47. The number of thiophene rings is 1. The standard InChI is InChI=1S/C15H8N2O3S2/c18-14-12(22-15(19)17-14)4-10-3-9-5-16-6-11(13(9)20-10)8-1-2-21-7-8/h1-7H,(H,17,18,19)/b12-4-. The van der Waals surface area contributed by atoms with Crippen LogP contribution in [0, 0.1) is 0 Å². The third-order valence-corrected chi connectivity index (χ3v) is 4.68. The number of fused-ring (bicyclic) bond motifs is 1. The highest BCUT2D eigenvalue weighted by atomic mass is 32.2. The summed E-state index contributed by atoms with van der Waals surface area (Å²) in [7, 11) is 0. The Labute approximate surface area is 133 Å². The van der Waals surface area contributed by atoms with E-state index in [2.05, 4.69) is 10.3 Å². The lowest BCUT2D eigenvalue weighted by molar-refractivity contribution is -0.115. The number of furan rings is 1. The molecule has 0 bridgehead atoms. The van der Waals surface area contributed by atoms with E-state index in [0.29, 0.717) is 10.7 Å². The highest BCUT2D eigenvalue weighted by molar-refractivity contribution is 8.18. The predicted octanol–water partition coefficient (Wildman–Crippen LogP) is 3.88. The van der Waals surface area contributed by atoms with Crippen LogP contribution in [0.2, 0.25) is 0 Å². The lowest BCUT2D eigenvalue weighted by Crippen LogP contribution is -2.17. The summed E-state index contributed by atoms with van der Waals surface area (Å²) in [5, 5.41) is 6.72. The van der Waals surface area contributed by atoms with E-state index >= 15 is 0 Å². The van der Waals surface area contributed by atoms with Gasteiger partial charge in [0.15, 0.2) is 0 Å². The number of carbonyl (C=O) groups excluding carboxylic acids is 2. The molecule has 5 nitrogen and oxygen atoms in total. The van der Waals surface area contributed by atoms with Crippen molar-refractivity contribution in [2.24, 2.45) is 0 Å². The average molecular weight is 328 g/mol. The first-order valence-corrected chi connectivity index (χ1v) is 8.11. The first-order valence-electron chi connectivity index (χ1n) is 6.36. The van der Waals surface area contributed by atoms with Gasteiger partial charge in [0.05, 0.1) is 4.91 Å². The lowest BCUT2D eigenvalue weighted by Gasteiger charge is -1.97. The molecule has 0 unspecified atom stereocenters. The van der Waals surface area contributed by atoms with Crippen LogP contribution < -0.4 is 5.32 Å². The Morgan fingerprint density at radius 2 is 2.18 bits per heavy atom. The molecule has 0 radical (unpaired) electrons. The molecule has 0 aromatic carbocycles. The highest BCUT2D eigenvalue weighted by Crippen LogP contribution is 2.33. The number of rotatable bonds is 2. The van der Waals surface area contributed by atoms with Crippen LogP contribution in [0.3, 0.4) is 0 Å². The van der Waals surface area contributed by atoms with Crippen LogP contribution in [-0.4, -0.2) is 16.1 Å². The van der Waals surface area contributed by atoms with E-state index in [1.165, 1.54) is 0 Å². The molecule has 1 aliphatic rings. The number of pyridine rings is 1. The third kappa shape index (κ3) is 2.24. The molecule has 4 heterocycles. The number of amides is 2. The Morgan fingerprint density at radius 3 is 2.91 bits per heavy atom. The van der Waals surface area contributed by atoms with E-state index in [1.807, 2.05) is 22.9 Å². The van der Waals surface area contributed by atoms with Crippen molar-refractivity contribution in [2.75, 3.05) is 0 Å². The molecule has 3 aromatic heterocycles. The monoisotopic (exact) mass is 328 g/mol. The lowest BCUT2D eigenvalue weighted by atomic mass is 10.1. The quantitative estimate of drug-likeness (QED) is 0.723. The van der Waals surface area contributed by atoms with Crippen molar-refractivity contribution in [3.05, 3.63) is 46.0 Å². The van der Waals surface area contributed by atoms with Crippen molar-refractivity contribution >= 4 is 51.3 Å². The number of carbonyl (C=O) groups is 2. The van der Waals surface area contributed by atoms with Gasteiger partial charge < -0.3 is 4.42 Å². The van der Waals surface area contributed by atoms with Gasteiger partial charge >= 0.3 is 0 Å². The molecule has 1 N–H and O–H groups in total. The van der Waals surface area contributed by atoms with Gasteiger partial charge in [0.2, 0.25) is 0 Å². The Hall–Kier alpha value is -2.38. The maximum Gasteiger partial charge on any atom is 0.290 e. The van der Waals surface area contributed by atoms with Gasteiger partial charge in [0.1, 0.15) is 11.3 Å². The molecule has 7 heteroatoms. The molecule has 22 heavy (non-hydrogen) atoms. The normalized spacial score (nSPS) is 16.6. The number of imide groups is 1. The zero-order valence-corrected chi connectivity index (χ0v) is 12.7. The van der Waals surface area contributed by atoms with E-state index < -0.39 is 5.91 Å². The van der Waals surface area contributed by atoms with Crippen LogP contribution in [-0.2, 0) is 4.79 Å². The van der Waals surface area contributed by atoms with Crippen molar-refractivity contribution in [1.82, 2.24) is 10.3 Å². The highest BCUT2D eigenvalue weighted by Gasteiger charge is 2.25. The van der Waals surface area contributed by atoms with Crippen LogP contribution in [0.4, 0.5) is 4.79 Å². The van der Waals surface area contributed by atoms with E-state index in [0.717, 1.165) is 33.9 Å². The van der Waals surface area contributed by atoms with Gasteiger partial charge in [-0.15, -0.1) is 0 Å². The second-order valence-corrected chi connectivity index (χ2v) is 6.41. The molecule has 1 saturated heterocycles. The summed E-state index contributed by atoms with van der Waals surface area (Å²) in [6, 6.07) is 3.81. The van der Waals surface area contributed by atoms with Crippen molar-refractivity contribution in [2.45, 2.75) is 0 Å². The summed E-state index contributed by atoms with van der Waals surface area (Å²) in [6.07, 6.45) is 5.04. The summed E-state index contributed by atoms with van der Waals surface area (Å²) in [5.74, 6) is 0.124. The molecule has 1 fully saturated rings. The van der Waals surface area contributed by atoms with Gasteiger partial charge in [-0.3, -0.25) is 19.9 Å². The first-order chi connectivity index (χ1) is 10.7. The maximum absolute atomic E-state index is 11.6. The van der Waals surface area contributed by atoms with Crippen molar-refractivity contribution in [3.63, 3.8) is 0 Å². The minimum absolute atomic E-state index is 0.328. The number of hydrogen-bond donors (Lipinski definition) is 1. The van der Waals surface area contributed by atoms with Crippen molar-refractivity contribution < 1.29 is 14.0 Å². The van der Waals surface area contributed by atoms with Gasteiger partial charge in [-0.1, -0.05) is 0 Å². The molecule has 108 valence electrons. The SMILES string of the molecule is O=C1NC(=O)/C(=C/c2cc3cncc(-c4ccsc4)c3o2)S1. The summed E-state index contributed by atoms with van der Waals surface area (Å²) in [5.41, 5.74) is 2.66. The summed E-state index contributed by atoms with van der Waals surface area (Å²) in [6.45, 7) is 0. The van der Waals surface area contributed by atoms with Gasteiger partial charge in [0, 0.05) is 29.4 Å². The minimum atomic E-state index is -0.397. The van der Waals surface area contributed by atoms with Gasteiger partial charge in [0.25, 0.3) is 11.1 Å². The first kappa shape index (κ1) is 13.3. The summed E-state index contributed by atoms with van der Waals surface area (Å²) in [4.78, 5) is 27.3. The van der Waals surface area contributed by atoms with Crippen LogP contribution in [0.1, 0.15) is 5.76 Å². The second-order valence-electron chi connectivity index (χ2n) is 4.62. The molecular formula is C15H8N2O3S2. The molecule has 2 amide bonds. The third-order valence-electron chi connectivity index (χ3n) is 3.19. The Kier molecular flexibility index (Phi) is 3.09. The number of aromatic nitrogens is 1. The smallest absolute Gasteiger partial charge is 0.290 e. The Balaban J connectivity index is 1.82. The zero-order valence-electron chi connectivity index (χ0n) is 11.0. The van der Waals surface area contributed by atoms with Gasteiger partial charge in [-0.05, 0) is 40.2 Å². The van der Waals surface area contributed by atoms with E-state index in [9.17, 15) is 9.59 Å². The minimum Gasteiger partial charge on any atom is -0.456 e. The van der Waals surface area contributed by atoms with Crippen molar-refractivity contribution in [1.29, 1.82) is 0 Å². The largest absolute Gasteiger partial charge is 0.456 e. The molecule has 0 aliphatic carbocycles. The molecule has 0 atom stereocenters. The zero-order chi connectivity index (χ0) is 15.1. The van der Waals surface area contributed by atoms with Crippen LogP contribution >= 0.6 is 23.1 Å². The topological polar surface area (TPSA) is 72.2 Å². The fourth-order valence-corrected chi connectivity index (χ4v) is 3.55. The Morgan fingerprint density at radius 1 is 1.27 bits per heavy atom. The molecule has 4 rings (SSSR count). The number of hydrogen-bond acceptors (Lipinski definition) is 6. The molecule has 0 spiro atoms. The van der Waals surface area contributed by atoms with Gasteiger partial charge in [-0.25, -0.2) is 0 Å². The summed E-state index contributed by atoms with van der Waals surface area (Å²) < 4.78 is 5.85. The van der Waals surface area contributed by atoms with E-state index in [1.54, 1.807) is 29.8 Å². The second kappa shape index (κ2) is 5.11. The molecule has 3 aromatic rings. The molecular weight excluding hydrogens is 320 g/mol. The van der Waals surface area contributed by atoms with Crippen LogP contribution in [0.15, 0.2) is 44.6 Å². The molecule has 1 aliphatic heterocycles. The van der Waals surface area contributed by atoms with Crippen molar-refractivity contribution in [3.8, 4) is 11.1 Å². The molecule has 0 saturated carbocycles. The Bertz CT molecular complexity index is 926. The average Bonchev–Trinajstić information content (AvgIpc) is 3.19. The van der Waals surface area contributed by atoms with Gasteiger partial charge in [-0.2, -0.15) is 11.3 Å². The predicted molar refractivity (Wildman–Crippen MR) is 86.4 cm³/mol. The number of nitrogens with one attached hydrogen (secondary N) is 1. The van der Waals surface area contributed by atoms with Crippen LogP contribution in [0.25, 0.3) is 28.2 Å². The fraction of sp³-hybridized carbons (Fsp3) is 0. The van der Waals surface area contributed by atoms with E-state index in [-0.39, 0.29) is 5.24 Å². The maximum atomic E-state index is 11.6.